The van der Waals surface area contributed by atoms with Crippen LogP contribution in [0.2, 0.25) is 0 Å². The quantitative estimate of drug-likeness (QED) is 0.759. The lowest BCUT2D eigenvalue weighted by Crippen LogP contribution is -2.34. The zero-order valence-corrected chi connectivity index (χ0v) is 14.4. The molecular formula is C16H25ClN4O2. The second-order valence-corrected chi connectivity index (χ2v) is 5.93. The number of benzene rings is 1. The van der Waals surface area contributed by atoms with E-state index in [-0.39, 0.29) is 30.3 Å². The lowest BCUT2D eigenvalue weighted by molar-refractivity contribution is -0.119. The van der Waals surface area contributed by atoms with Crippen LogP contribution in [0.15, 0.2) is 18.2 Å². The number of hydrogen-bond donors (Lipinski definition) is 3. The maximum Gasteiger partial charge on any atom is 0.248 e. The number of anilines is 2. The van der Waals surface area contributed by atoms with Crippen LogP contribution < -0.4 is 21.7 Å². The summed E-state index contributed by atoms with van der Waals surface area (Å²) in [5.74, 6) is -0.982. The normalized spacial score (nSPS) is 16.4. The van der Waals surface area contributed by atoms with Crippen LogP contribution in [0.1, 0.15) is 37.0 Å². The highest BCUT2D eigenvalue weighted by molar-refractivity contribution is 6.00. The highest BCUT2D eigenvalue weighted by Gasteiger charge is 2.21. The molecule has 1 aromatic carbocycles. The monoisotopic (exact) mass is 340 g/mol. The summed E-state index contributed by atoms with van der Waals surface area (Å²) in [7, 11) is 0. The Bertz CT molecular complexity index is 571. The summed E-state index contributed by atoms with van der Waals surface area (Å²) in [4.78, 5) is 25.9. The van der Waals surface area contributed by atoms with Crippen LogP contribution in [-0.2, 0) is 4.79 Å². The Morgan fingerprint density at radius 3 is 2.35 bits per heavy atom. The summed E-state index contributed by atoms with van der Waals surface area (Å²) in [6.45, 7) is 5.47. The maximum absolute atomic E-state index is 12.3. The summed E-state index contributed by atoms with van der Waals surface area (Å²) in [6, 6.07) is 4.94. The number of primary amides is 1. The average Bonchev–Trinajstić information content (AvgIpc) is 3.00. The standard InChI is InChI=1S/C16H24N4O2.ClH/c1-10(11(2)17)16(22)19-13-9-12(15(18)21)5-6-14(13)20-7-3-4-8-20;/h5-6,9-11H,3-4,7-8,17H2,1-2H3,(H2,18,21)(H,19,22);1H. The third kappa shape index (κ3) is 4.59. The van der Waals surface area contributed by atoms with E-state index in [9.17, 15) is 9.59 Å². The lowest BCUT2D eigenvalue weighted by atomic mass is 10.0. The number of hydrogen-bond acceptors (Lipinski definition) is 4. The first kappa shape index (κ1) is 19.3. The third-order valence-electron chi connectivity index (χ3n) is 4.19. The van der Waals surface area contributed by atoms with Gasteiger partial charge < -0.3 is 21.7 Å². The molecule has 2 atom stereocenters. The van der Waals surface area contributed by atoms with E-state index >= 15 is 0 Å². The second-order valence-electron chi connectivity index (χ2n) is 5.93. The van der Waals surface area contributed by atoms with Gasteiger partial charge in [0.2, 0.25) is 11.8 Å². The molecule has 0 aliphatic carbocycles. The first-order chi connectivity index (χ1) is 10.4. The molecule has 1 fully saturated rings. The highest BCUT2D eigenvalue weighted by atomic mass is 35.5. The van der Waals surface area contributed by atoms with Crippen molar-refractivity contribution in [2.45, 2.75) is 32.7 Å². The summed E-state index contributed by atoms with van der Waals surface area (Å²) in [5, 5.41) is 2.90. The molecule has 1 saturated heterocycles. The number of carbonyl (C=O) groups excluding carboxylic acids is 2. The Balaban J connectivity index is 0.00000264. The van der Waals surface area contributed by atoms with Crippen LogP contribution in [-0.4, -0.2) is 30.9 Å². The lowest BCUT2D eigenvalue weighted by Gasteiger charge is -2.23. The Kier molecular flexibility index (Phi) is 6.84. The van der Waals surface area contributed by atoms with Gasteiger partial charge in [0.1, 0.15) is 0 Å². The van der Waals surface area contributed by atoms with Crippen molar-refractivity contribution in [2.75, 3.05) is 23.3 Å². The Hall–Kier alpha value is -1.79. The van der Waals surface area contributed by atoms with E-state index in [1.165, 1.54) is 0 Å². The van der Waals surface area contributed by atoms with Gasteiger partial charge in [0.05, 0.1) is 17.3 Å². The molecule has 1 heterocycles. The maximum atomic E-state index is 12.3. The first-order valence-electron chi connectivity index (χ1n) is 7.65. The minimum atomic E-state index is -0.510. The van der Waals surface area contributed by atoms with Crippen LogP contribution in [0, 0.1) is 5.92 Å². The molecule has 128 valence electrons. The van der Waals surface area contributed by atoms with Crippen molar-refractivity contribution >= 4 is 35.6 Å². The van der Waals surface area contributed by atoms with E-state index in [1.54, 1.807) is 26.0 Å². The molecule has 1 aliphatic rings. The van der Waals surface area contributed by atoms with Crippen molar-refractivity contribution < 1.29 is 9.59 Å². The largest absolute Gasteiger partial charge is 0.370 e. The molecule has 2 amide bonds. The van der Waals surface area contributed by atoms with Gasteiger partial charge in [-0.25, -0.2) is 0 Å². The fourth-order valence-electron chi connectivity index (χ4n) is 2.51. The molecule has 1 aliphatic heterocycles. The smallest absolute Gasteiger partial charge is 0.248 e. The minimum absolute atomic E-state index is 0. The SMILES string of the molecule is CC(N)C(C)C(=O)Nc1cc(C(N)=O)ccc1N1CCCC1.Cl. The van der Waals surface area contributed by atoms with Gasteiger partial charge >= 0.3 is 0 Å². The van der Waals surface area contributed by atoms with E-state index in [0.717, 1.165) is 31.6 Å². The van der Waals surface area contributed by atoms with Crippen molar-refractivity contribution in [3.8, 4) is 0 Å². The first-order valence-corrected chi connectivity index (χ1v) is 7.65. The number of nitrogens with one attached hydrogen (secondary N) is 1. The zero-order chi connectivity index (χ0) is 16.3. The minimum Gasteiger partial charge on any atom is -0.370 e. The highest BCUT2D eigenvalue weighted by Crippen LogP contribution is 2.30. The van der Waals surface area contributed by atoms with Crippen LogP contribution in [0.3, 0.4) is 0 Å². The van der Waals surface area contributed by atoms with E-state index in [1.807, 2.05) is 6.07 Å². The molecule has 2 unspecified atom stereocenters. The van der Waals surface area contributed by atoms with Gasteiger partial charge in [0.15, 0.2) is 0 Å². The topological polar surface area (TPSA) is 101 Å². The molecule has 0 radical (unpaired) electrons. The number of amides is 2. The molecule has 2 rings (SSSR count). The Labute approximate surface area is 143 Å². The molecule has 1 aromatic rings. The average molecular weight is 341 g/mol. The van der Waals surface area contributed by atoms with Crippen molar-refractivity contribution in [1.29, 1.82) is 0 Å². The fourth-order valence-corrected chi connectivity index (χ4v) is 2.51. The van der Waals surface area contributed by atoms with E-state index in [4.69, 9.17) is 11.5 Å². The van der Waals surface area contributed by atoms with Crippen LogP contribution in [0.25, 0.3) is 0 Å². The summed E-state index contributed by atoms with van der Waals surface area (Å²) < 4.78 is 0. The number of carbonyl (C=O) groups is 2. The molecular weight excluding hydrogens is 316 g/mol. The summed E-state index contributed by atoms with van der Waals surface area (Å²) in [5.41, 5.74) is 13.0. The van der Waals surface area contributed by atoms with Gasteiger partial charge in [-0.2, -0.15) is 0 Å². The van der Waals surface area contributed by atoms with Gasteiger partial charge in [0.25, 0.3) is 0 Å². The van der Waals surface area contributed by atoms with E-state index in [0.29, 0.717) is 11.3 Å². The predicted molar refractivity (Wildman–Crippen MR) is 95.1 cm³/mol. The number of halogens is 1. The van der Waals surface area contributed by atoms with Gasteiger partial charge in [-0.05, 0) is 38.0 Å². The van der Waals surface area contributed by atoms with Gasteiger partial charge in [-0.3, -0.25) is 9.59 Å². The van der Waals surface area contributed by atoms with E-state index in [2.05, 4.69) is 10.2 Å². The predicted octanol–water partition coefficient (Wildman–Crippen LogP) is 1.73. The van der Waals surface area contributed by atoms with Crippen LogP contribution in [0.4, 0.5) is 11.4 Å². The van der Waals surface area contributed by atoms with Gasteiger partial charge in [-0.1, -0.05) is 6.92 Å². The Morgan fingerprint density at radius 2 is 1.83 bits per heavy atom. The second kappa shape index (κ2) is 8.17. The van der Waals surface area contributed by atoms with Crippen molar-refractivity contribution in [3.63, 3.8) is 0 Å². The molecule has 0 spiro atoms. The van der Waals surface area contributed by atoms with Crippen molar-refractivity contribution in [1.82, 2.24) is 0 Å². The van der Waals surface area contributed by atoms with E-state index < -0.39 is 5.91 Å². The van der Waals surface area contributed by atoms with Crippen molar-refractivity contribution in [3.05, 3.63) is 23.8 Å². The molecule has 0 bridgehead atoms. The third-order valence-corrected chi connectivity index (χ3v) is 4.19. The van der Waals surface area contributed by atoms with Gasteiger partial charge in [0, 0.05) is 24.7 Å². The summed E-state index contributed by atoms with van der Waals surface area (Å²) >= 11 is 0. The van der Waals surface area contributed by atoms with Crippen LogP contribution >= 0.6 is 12.4 Å². The zero-order valence-electron chi connectivity index (χ0n) is 13.5. The van der Waals surface area contributed by atoms with Crippen LogP contribution in [0.5, 0.6) is 0 Å². The molecule has 0 saturated carbocycles. The Morgan fingerprint density at radius 1 is 1.22 bits per heavy atom. The fraction of sp³-hybridized carbons (Fsp3) is 0.500. The molecule has 6 nitrogen and oxygen atoms in total. The van der Waals surface area contributed by atoms with Gasteiger partial charge in [-0.15, -0.1) is 12.4 Å². The molecule has 5 N–H and O–H groups in total. The molecule has 23 heavy (non-hydrogen) atoms. The number of rotatable bonds is 5. The van der Waals surface area contributed by atoms with Crippen molar-refractivity contribution in [2.24, 2.45) is 17.4 Å². The molecule has 7 heteroatoms. The number of nitrogens with zero attached hydrogens (tertiary/aromatic N) is 1. The number of nitrogens with two attached hydrogens (primary N) is 2. The summed E-state index contributed by atoms with van der Waals surface area (Å²) in [6.07, 6.45) is 2.25. The molecule has 0 aromatic heterocycles.